The molecule has 0 aromatic carbocycles. The Morgan fingerprint density at radius 1 is 1.40 bits per heavy atom. The molecule has 1 aliphatic rings. The molecule has 1 unspecified atom stereocenters. The molecule has 5 nitrogen and oxygen atoms in total. The lowest BCUT2D eigenvalue weighted by molar-refractivity contribution is 0.264. The van der Waals surface area contributed by atoms with Crippen LogP contribution < -0.4 is 5.32 Å². The van der Waals surface area contributed by atoms with E-state index in [2.05, 4.69) is 46.1 Å². The van der Waals surface area contributed by atoms with E-state index in [9.17, 15) is 0 Å². The normalized spacial score (nSPS) is 19.7. The van der Waals surface area contributed by atoms with Gasteiger partial charge in [0.2, 0.25) is 0 Å². The third-order valence-corrected chi connectivity index (χ3v) is 3.75. The van der Waals surface area contributed by atoms with Crippen molar-refractivity contribution in [1.29, 1.82) is 0 Å². The van der Waals surface area contributed by atoms with Gasteiger partial charge in [-0.25, -0.2) is 4.98 Å². The van der Waals surface area contributed by atoms with Gasteiger partial charge in [-0.05, 0) is 39.4 Å². The zero-order chi connectivity index (χ0) is 14.4. The van der Waals surface area contributed by atoms with E-state index in [4.69, 9.17) is 0 Å². The van der Waals surface area contributed by atoms with Crippen molar-refractivity contribution in [1.82, 2.24) is 19.8 Å². The molecule has 0 radical (unpaired) electrons. The fraction of sp³-hybridized carbons (Fsp3) is 0.733. The lowest BCUT2D eigenvalue weighted by Gasteiger charge is -2.20. The lowest BCUT2D eigenvalue weighted by Crippen LogP contribution is -2.27. The fourth-order valence-electron chi connectivity index (χ4n) is 2.74. The van der Waals surface area contributed by atoms with E-state index >= 15 is 0 Å². The summed E-state index contributed by atoms with van der Waals surface area (Å²) < 4.78 is 0. The van der Waals surface area contributed by atoms with Crippen LogP contribution in [0.3, 0.4) is 0 Å². The third-order valence-electron chi connectivity index (χ3n) is 3.75. The number of aromatic nitrogens is 2. The molecule has 1 N–H and O–H groups in total. The van der Waals surface area contributed by atoms with Crippen molar-refractivity contribution in [2.45, 2.75) is 26.3 Å². The van der Waals surface area contributed by atoms with Gasteiger partial charge in [-0.1, -0.05) is 6.92 Å². The van der Waals surface area contributed by atoms with Gasteiger partial charge < -0.3 is 15.1 Å². The Morgan fingerprint density at radius 3 is 2.85 bits per heavy atom. The second kappa shape index (κ2) is 7.55. The summed E-state index contributed by atoms with van der Waals surface area (Å²) in [6, 6.07) is 0. The largest absolute Gasteiger partial charge is 0.369 e. The molecule has 5 heteroatoms. The molecular weight excluding hydrogens is 250 g/mol. The highest BCUT2D eigenvalue weighted by molar-refractivity contribution is 5.30. The minimum absolute atomic E-state index is 0.795. The average Bonchev–Trinajstić information content (AvgIpc) is 2.83. The summed E-state index contributed by atoms with van der Waals surface area (Å²) in [5.74, 6) is 1.67. The van der Waals surface area contributed by atoms with Crippen molar-refractivity contribution < 1.29 is 0 Å². The first-order valence-electron chi connectivity index (χ1n) is 7.59. The standard InChI is InChI=1S/C15H27N5/c1-4-6-16-15-9-17-14(8-18-15)12-20(3)11-13-5-7-19(2)10-13/h8-9,13H,4-7,10-12H2,1-3H3,(H,16,18). The highest BCUT2D eigenvalue weighted by Crippen LogP contribution is 2.15. The van der Waals surface area contributed by atoms with Crippen molar-refractivity contribution in [3.05, 3.63) is 18.1 Å². The zero-order valence-corrected chi connectivity index (χ0v) is 13.0. The van der Waals surface area contributed by atoms with Gasteiger partial charge in [0.05, 0.1) is 18.1 Å². The van der Waals surface area contributed by atoms with E-state index in [-0.39, 0.29) is 0 Å². The van der Waals surface area contributed by atoms with Gasteiger partial charge in [-0.3, -0.25) is 4.98 Å². The first-order valence-corrected chi connectivity index (χ1v) is 7.59. The highest BCUT2D eigenvalue weighted by atomic mass is 15.2. The predicted octanol–water partition coefficient (Wildman–Crippen LogP) is 1.68. The number of rotatable bonds is 7. The Morgan fingerprint density at radius 2 is 2.25 bits per heavy atom. The molecule has 1 fully saturated rings. The van der Waals surface area contributed by atoms with E-state index in [1.54, 1.807) is 0 Å². The molecule has 0 aliphatic carbocycles. The van der Waals surface area contributed by atoms with Gasteiger partial charge in [-0.2, -0.15) is 0 Å². The summed E-state index contributed by atoms with van der Waals surface area (Å²) in [5, 5.41) is 3.25. The molecule has 1 saturated heterocycles. The third kappa shape index (κ3) is 4.72. The van der Waals surface area contributed by atoms with E-state index in [0.29, 0.717) is 0 Å². The fourth-order valence-corrected chi connectivity index (χ4v) is 2.74. The van der Waals surface area contributed by atoms with E-state index in [1.807, 2.05) is 12.4 Å². The zero-order valence-electron chi connectivity index (χ0n) is 13.0. The van der Waals surface area contributed by atoms with Crippen LogP contribution in [0.1, 0.15) is 25.5 Å². The quantitative estimate of drug-likeness (QED) is 0.821. The summed E-state index contributed by atoms with van der Waals surface area (Å²) in [6.07, 6.45) is 6.13. The summed E-state index contributed by atoms with van der Waals surface area (Å²) >= 11 is 0. The highest BCUT2D eigenvalue weighted by Gasteiger charge is 2.20. The number of nitrogens with one attached hydrogen (secondary N) is 1. The van der Waals surface area contributed by atoms with Crippen LogP contribution in [0.5, 0.6) is 0 Å². The van der Waals surface area contributed by atoms with Crippen molar-refractivity contribution >= 4 is 5.82 Å². The maximum absolute atomic E-state index is 4.48. The first-order chi connectivity index (χ1) is 9.67. The number of hydrogen-bond donors (Lipinski definition) is 1. The summed E-state index contributed by atoms with van der Waals surface area (Å²) in [5.41, 5.74) is 1.04. The molecule has 20 heavy (non-hydrogen) atoms. The van der Waals surface area contributed by atoms with Gasteiger partial charge in [-0.15, -0.1) is 0 Å². The van der Waals surface area contributed by atoms with Crippen LogP contribution in [0.15, 0.2) is 12.4 Å². The number of likely N-dealkylation sites (tertiary alicyclic amines) is 1. The Balaban J connectivity index is 1.77. The Labute approximate surface area is 122 Å². The maximum Gasteiger partial charge on any atom is 0.144 e. The van der Waals surface area contributed by atoms with Crippen molar-refractivity contribution in [3.63, 3.8) is 0 Å². The van der Waals surface area contributed by atoms with Crippen LogP contribution in [0, 0.1) is 5.92 Å². The molecule has 1 aromatic rings. The molecular formula is C15H27N5. The van der Waals surface area contributed by atoms with Gasteiger partial charge in [0.15, 0.2) is 0 Å². The number of hydrogen-bond acceptors (Lipinski definition) is 5. The number of nitrogens with zero attached hydrogens (tertiary/aromatic N) is 4. The number of anilines is 1. The minimum atomic E-state index is 0.795. The lowest BCUT2D eigenvalue weighted by atomic mass is 10.1. The Bertz CT molecular complexity index is 392. The van der Waals surface area contributed by atoms with Crippen molar-refractivity contribution in [3.8, 4) is 0 Å². The van der Waals surface area contributed by atoms with Crippen LogP contribution in [0.25, 0.3) is 0 Å². The molecule has 1 aliphatic heterocycles. The first kappa shape index (κ1) is 15.2. The molecule has 2 rings (SSSR count). The van der Waals surface area contributed by atoms with Gasteiger partial charge >= 0.3 is 0 Å². The Kier molecular flexibility index (Phi) is 5.73. The van der Waals surface area contributed by atoms with Gasteiger partial charge in [0.25, 0.3) is 0 Å². The van der Waals surface area contributed by atoms with Crippen LogP contribution in [0.2, 0.25) is 0 Å². The second-order valence-corrected chi connectivity index (χ2v) is 5.93. The average molecular weight is 277 g/mol. The molecule has 2 heterocycles. The van der Waals surface area contributed by atoms with Crippen molar-refractivity contribution in [2.24, 2.45) is 5.92 Å². The molecule has 1 atom stereocenters. The van der Waals surface area contributed by atoms with Crippen LogP contribution in [-0.2, 0) is 6.54 Å². The molecule has 112 valence electrons. The van der Waals surface area contributed by atoms with E-state index in [0.717, 1.165) is 43.5 Å². The SMILES string of the molecule is CCCNc1cnc(CN(C)CC2CCN(C)C2)cn1. The summed E-state index contributed by atoms with van der Waals surface area (Å²) in [7, 11) is 4.37. The minimum Gasteiger partial charge on any atom is -0.369 e. The van der Waals surface area contributed by atoms with Gasteiger partial charge in [0.1, 0.15) is 5.82 Å². The summed E-state index contributed by atoms with van der Waals surface area (Å²) in [6.45, 7) is 7.56. The monoisotopic (exact) mass is 277 g/mol. The van der Waals surface area contributed by atoms with Crippen molar-refractivity contribution in [2.75, 3.05) is 45.6 Å². The van der Waals surface area contributed by atoms with Crippen LogP contribution in [0.4, 0.5) is 5.82 Å². The van der Waals surface area contributed by atoms with E-state index < -0.39 is 0 Å². The summed E-state index contributed by atoms with van der Waals surface area (Å²) in [4.78, 5) is 13.7. The smallest absolute Gasteiger partial charge is 0.144 e. The van der Waals surface area contributed by atoms with E-state index in [1.165, 1.54) is 19.5 Å². The predicted molar refractivity (Wildman–Crippen MR) is 82.8 cm³/mol. The second-order valence-electron chi connectivity index (χ2n) is 5.93. The van der Waals surface area contributed by atoms with Gasteiger partial charge in [0, 0.05) is 26.2 Å². The molecule has 0 bridgehead atoms. The maximum atomic E-state index is 4.48. The molecule has 1 aromatic heterocycles. The Hall–Kier alpha value is -1.20. The molecule has 0 saturated carbocycles. The van der Waals surface area contributed by atoms with Crippen LogP contribution >= 0.6 is 0 Å². The topological polar surface area (TPSA) is 44.3 Å². The van der Waals surface area contributed by atoms with Crippen LogP contribution in [-0.4, -0.2) is 60.0 Å². The molecule has 0 spiro atoms. The molecule has 0 amide bonds.